The van der Waals surface area contributed by atoms with Crippen molar-refractivity contribution in [1.82, 2.24) is 9.80 Å². The van der Waals surface area contributed by atoms with Gasteiger partial charge in [0.25, 0.3) is 0 Å². The van der Waals surface area contributed by atoms with E-state index in [1.54, 1.807) is 7.11 Å². The number of amides is 2. The monoisotopic (exact) mass is 317 g/mol. The van der Waals surface area contributed by atoms with Gasteiger partial charge in [-0.1, -0.05) is 6.07 Å². The van der Waals surface area contributed by atoms with Gasteiger partial charge in [0.2, 0.25) is 11.8 Å². The first-order valence-corrected chi connectivity index (χ1v) is 8.12. The summed E-state index contributed by atoms with van der Waals surface area (Å²) in [6, 6.07) is 8.10. The van der Waals surface area contributed by atoms with Crippen LogP contribution in [0.25, 0.3) is 0 Å². The Balaban J connectivity index is 1.48. The van der Waals surface area contributed by atoms with Crippen molar-refractivity contribution in [2.45, 2.75) is 12.8 Å². The lowest BCUT2D eigenvalue weighted by molar-refractivity contribution is -0.138. The van der Waals surface area contributed by atoms with Gasteiger partial charge in [-0.3, -0.25) is 19.4 Å². The van der Waals surface area contributed by atoms with Crippen molar-refractivity contribution in [3.8, 4) is 5.75 Å². The molecule has 0 radical (unpaired) electrons. The van der Waals surface area contributed by atoms with E-state index in [-0.39, 0.29) is 11.8 Å². The molecule has 0 unspecified atom stereocenters. The predicted molar refractivity (Wildman–Crippen MR) is 87.6 cm³/mol. The summed E-state index contributed by atoms with van der Waals surface area (Å²) in [4.78, 5) is 29.3. The molecule has 2 aliphatic heterocycles. The number of benzene rings is 1. The molecule has 6 heteroatoms. The lowest BCUT2D eigenvalue weighted by Gasteiger charge is -2.36. The van der Waals surface area contributed by atoms with E-state index < -0.39 is 0 Å². The molecule has 6 nitrogen and oxygen atoms in total. The van der Waals surface area contributed by atoms with Crippen LogP contribution in [-0.4, -0.2) is 68.0 Å². The molecule has 0 aromatic heterocycles. The average molecular weight is 317 g/mol. The zero-order valence-corrected chi connectivity index (χ0v) is 13.5. The number of imide groups is 1. The van der Waals surface area contributed by atoms with Crippen LogP contribution in [0.4, 0.5) is 5.69 Å². The molecule has 0 aliphatic carbocycles. The third-order valence-electron chi connectivity index (χ3n) is 4.59. The predicted octanol–water partition coefficient (Wildman–Crippen LogP) is 0.966. The summed E-state index contributed by atoms with van der Waals surface area (Å²) in [7, 11) is 1.68. The summed E-state index contributed by atoms with van der Waals surface area (Å²) in [5, 5.41) is 0. The smallest absolute Gasteiger partial charge is 0.229 e. The van der Waals surface area contributed by atoms with Crippen LogP contribution < -0.4 is 9.64 Å². The van der Waals surface area contributed by atoms with Crippen LogP contribution in [0.1, 0.15) is 12.8 Å². The minimum absolute atomic E-state index is 0.0231. The quantitative estimate of drug-likeness (QED) is 0.758. The van der Waals surface area contributed by atoms with E-state index >= 15 is 0 Å². The number of hydrogen-bond acceptors (Lipinski definition) is 5. The van der Waals surface area contributed by atoms with E-state index in [1.165, 1.54) is 10.6 Å². The summed E-state index contributed by atoms with van der Waals surface area (Å²) in [5.74, 6) is 0.825. The normalized spacial score (nSPS) is 19.5. The number of hydrogen-bond donors (Lipinski definition) is 0. The summed E-state index contributed by atoms with van der Waals surface area (Å²) in [6.07, 6.45) is 0.755. The van der Waals surface area contributed by atoms with Crippen LogP contribution in [-0.2, 0) is 9.59 Å². The molecule has 23 heavy (non-hydrogen) atoms. The molecule has 0 N–H and O–H groups in total. The Kier molecular flexibility index (Phi) is 4.81. The van der Waals surface area contributed by atoms with Gasteiger partial charge in [0.1, 0.15) is 5.75 Å². The second kappa shape index (κ2) is 7.00. The Hall–Kier alpha value is -2.08. The van der Waals surface area contributed by atoms with Crippen molar-refractivity contribution in [2.75, 3.05) is 51.3 Å². The van der Waals surface area contributed by atoms with Crippen molar-refractivity contribution in [1.29, 1.82) is 0 Å². The molecule has 2 aliphatic rings. The highest BCUT2D eigenvalue weighted by atomic mass is 16.5. The van der Waals surface area contributed by atoms with E-state index in [9.17, 15) is 9.59 Å². The first kappa shape index (κ1) is 15.8. The zero-order valence-electron chi connectivity index (χ0n) is 13.5. The van der Waals surface area contributed by atoms with Crippen molar-refractivity contribution in [2.24, 2.45) is 0 Å². The Morgan fingerprint density at radius 3 is 2.35 bits per heavy atom. The molecule has 2 heterocycles. The Morgan fingerprint density at radius 1 is 1.00 bits per heavy atom. The second-order valence-corrected chi connectivity index (χ2v) is 5.97. The van der Waals surface area contributed by atoms with Crippen LogP contribution in [0, 0.1) is 0 Å². The van der Waals surface area contributed by atoms with Gasteiger partial charge in [-0.05, 0) is 12.1 Å². The van der Waals surface area contributed by atoms with E-state index in [0.717, 1.165) is 38.5 Å². The highest BCUT2D eigenvalue weighted by Gasteiger charge is 2.29. The fourth-order valence-corrected chi connectivity index (χ4v) is 3.15. The standard InChI is InChI=1S/C17H23N3O3/c1-23-15-4-2-3-14(13-15)19-10-7-18(8-11-19)9-12-20-16(21)5-6-17(20)22/h2-4,13H,5-12H2,1H3. The van der Waals surface area contributed by atoms with Gasteiger partial charge >= 0.3 is 0 Å². The lowest BCUT2D eigenvalue weighted by atomic mass is 10.2. The molecular formula is C17H23N3O3. The third kappa shape index (κ3) is 3.64. The molecule has 1 aromatic rings. The first-order chi connectivity index (χ1) is 11.2. The molecular weight excluding hydrogens is 294 g/mol. The number of piperazine rings is 1. The molecule has 2 saturated heterocycles. The maximum atomic E-state index is 11.6. The molecule has 0 saturated carbocycles. The minimum Gasteiger partial charge on any atom is -0.497 e. The number of nitrogens with zero attached hydrogens (tertiary/aromatic N) is 3. The van der Waals surface area contributed by atoms with Crippen molar-refractivity contribution >= 4 is 17.5 Å². The minimum atomic E-state index is -0.0231. The largest absolute Gasteiger partial charge is 0.497 e. The van der Waals surface area contributed by atoms with Crippen LogP contribution in [0.5, 0.6) is 5.75 Å². The number of methoxy groups -OCH3 is 1. The molecule has 0 bridgehead atoms. The van der Waals surface area contributed by atoms with Gasteiger partial charge in [-0.2, -0.15) is 0 Å². The van der Waals surface area contributed by atoms with Crippen molar-refractivity contribution in [3.05, 3.63) is 24.3 Å². The number of anilines is 1. The number of carbonyl (C=O) groups excluding carboxylic acids is 2. The van der Waals surface area contributed by atoms with Gasteiger partial charge in [0.05, 0.1) is 7.11 Å². The SMILES string of the molecule is COc1cccc(N2CCN(CCN3C(=O)CCC3=O)CC2)c1. The van der Waals surface area contributed by atoms with Crippen LogP contribution >= 0.6 is 0 Å². The highest BCUT2D eigenvalue weighted by molar-refractivity contribution is 6.01. The second-order valence-electron chi connectivity index (χ2n) is 5.97. The van der Waals surface area contributed by atoms with E-state index in [4.69, 9.17) is 4.74 Å². The van der Waals surface area contributed by atoms with Gasteiger partial charge in [-0.15, -0.1) is 0 Å². The van der Waals surface area contributed by atoms with Crippen LogP contribution in [0.2, 0.25) is 0 Å². The van der Waals surface area contributed by atoms with Crippen LogP contribution in [0.15, 0.2) is 24.3 Å². The van der Waals surface area contributed by atoms with Gasteiger partial charge in [0, 0.05) is 63.9 Å². The van der Waals surface area contributed by atoms with E-state index in [1.807, 2.05) is 12.1 Å². The topological polar surface area (TPSA) is 53.1 Å². The molecule has 0 atom stereocenters. The Bertz CT molecular complexity index is 566. The van der Waals surface area contributed by atoms with Crippen LogP contribution in [0.3, 0.4) is 0 Å². The summed E-state index contributed by atoms with van der Waals surface area (Å²) in [6.45, 7) is 5.05. The lowest BCUT2D eigenvalue weighted by Crippen LogP contribution is -2.49. The van der Waals surface area contributed by atoms with E-state index in [2.05, 4.69) is 21.9 Å². The zero-order chi connectivity index (χ0) is 16.2. The molecule has 3 rings (SSSR count). The molecule has 0 spiro atoms. The Morgan fingerprint density at radius 2 is 1.70 bits per heavy atom. The highest BCUT2D eigenvalue weighted by Crippen LogP contribution is 2.22. The van der Waals surface area contributed by atoms with Gasteiger partial charge < -0.3 is 9.64 Å². The number of carbonyl (C=O) groups is 2. The average Bonchev–Trinajstić information content (AvgIpc) is 2.92. The number of ether oxygens (including phenoxy) is 1. The van der Waals surface area contributed by atoms with Gasteiger partial charge in [0.15, 0.2) is 0 Å². The maximum absolute atomic E-state index is 11.6. The first-order valence-electron chi connectivity index (χ1n) is 8.12. The molecule has 2 amide bonds. The molecule has 2 fully saturated rings. The maximum Gasteiger partial charge on any atom is 0.229 e. The summed E-state index contributed by atoms with van der Waals surface area (Å²) >= 11 is 0. The van der Waals surface area contributed by atoms with Gasteiger partial charge in [-0.25, -0.2) is 0 Å². The molecule has 1 aromatic carbocycles. The fraction of sp³-hybridized carbons (Fsp3) is 0.529. The fourth-order valence-electron chi connectivity index (χ4n) is 3.15. The Labute approximate surface area is 136 Å². The number of likely N-dealkylation sites (tertiary alicyclic amines) is 1. The number of rotatable bonds is 5. The van der Waals surface area contributed by atoms with E-state index in [0.29, 0.717) is 19.4 Å². The summed E-state index contributed by atoms with van der Waals surface area (Å²) < 4.78 is 5.28. The van der Waals surface area contributed by atoms with Crippen molar-refractivity contribution < 1.29 is 14.3 Å². The van der Waals surface area contributed by atoms with Crippen molar-refractivity contribution in [3.63, 3.8) is 0 Å². The summed E-state index contributed by atoms with van der Waals surface area (Å²) in [5.41, 5.74) is 1.17. The third-order valence-corrected chi connectivity index (χ3v) is 4.59. The molecule has 124 valence electrons.